The van der Waals surface area contributed by atoms with Crippen LogP contribution in [0.1, 0.15) is 5.56 Å². The highest BCUT2D eigenvalue weighted by Gasteiger charge is 2.33. The largest absolute Gasteiger partial charge is 0.493 e. The number of carbonyl (C=O) groups excluding carboxylic acids is 3. The number of primary amides is 1. The smallest absolute Gasteiger partial charge is 0.310 e. The van der Waals surface area contributed by atoms with Gasteiger partial charge in [-0.1, -0.05) is 28.1 Å². The molecule has 164 valence electrons. The molecular formula is C21H21BrN2O7. The molecule has 2 N–H and O–H groups in total. The Morgan fingerprint density at radius 2 is 1.84 bits per heavy atom. The maximum atomic E-state index is 12.7. The SMILES string of the molecule is COc1cc(Br)c(CC(=O)OCC(=O)N2C[C@@H](C(N)=O)Oc3ccccc32)cc1OC. The van der Waals surface area contributed by atoms with E-state index >= 15 is 0 Å². The number of carbonyl (C=O) groups is 3. The standard InChI is InChI=1S/C21H21BrN2O7/c1-28-16-7-12(13(22)9-17(16)29-2)8-20(26)30-11-19(25)24-10-18(21(23)27)31-15-6-4-3-5-14(15)24/h3-7,9,18H,8,10-11H2,1-2H3,(H2,23,27)/t18-/m0/s1. The third-order valence-electron chi connectivity index (χ3n) is 4.64. The molecule has 0 spiro atoms. The normalized spacial score (nSPS) is 14.8. The van der Waals surface area contributed by atoms with E-state index in [0.29, 0.717) is 33.0 Å². The van der Waals surface area contributed by atoms with Gasteiger partial charge in [-0.3, -0.25) is 14.4 Å². The van der Waals surface area contributed by atoms with Gasteiger partial charge >= 0.3 is 5.97 Å². The van der Waals surface area contributed by atoms with Crippen LogP contribution in [-0.2, 0) is 25.5 Å². The number of nitrogens with zero attached hydrogens (tertiary/aromatic N) is 1. The Kier molecular flexibility index (Phi) is 7.01. The Hall–Kier alpha value is -3.27. The number of nitrogens with two attached hydrogens (primary N) is 1. The molecule has 1 aliphatic heterocycles. The number of esters is 1. The number of hydrogen-bond acceptors (Lipinski definition) is 7. The van der Waals surface area contributed by atoms with Crippen LogP contribution in [-0.4, -0.2) is 51.3 Å². The van der Waals surface area contributed by atoms with Crippen LogP contribution in [0.2, 0.25) is 0 Å². The fourth-order valence-corrected chi connectivity index (χ4v) is 3.54. The lowest BCUT2D eigenvalue weighted by atomic mass is 10.1. The van der Waals surface area contributed by atoms with Crippen molar-refractivity contribution >= 4 is 39.4 Å². The van der Waals surface area contributed by atoms with Gasteiger partial charge in [0.05, 0.1) is 32.9 Å². The van der Waals surface area contributed by atoms with Crippen molar-refractivity contribution < 1.29 is 33.3 Å². The number of anilines is 1. The van der Waals surface area contributed by atoms with Gasteiger partial charge in [0.15, 0.2) is 24.2 Å². The average Bonchev–Trinajstić information content (AvgIpc) is 2.77. The third-order valence-corrected chi connectivity index (χ3v) is 5.37. The van der Waals surface area contributed by atoms with Gasteiger partial charge in [-0.25, -0.2) is 0 Å². The van der Waals surface area contributed by atoms with Gasteiger partial charge in [0.2, 0.25) is 0 Å². The van der Waals surface area contributed by atoms with Crippen LogP contribution in [0.15, 0.2) is 40.9 Å². The van der Waals surface area contributed by atoms with Gasteiger partial charge in [-0.2, -0.15) is 0 Å². The van der Waals surface area contributed by atoms with Gasteiger partial charge < -0.3 is 29.6 Å². The molecule has 2 aromatic rings. The van der Waals surface area contributed by atoms with E-state index in [0.717, 1.165) is 0 Å². The van der Waals surface area contributed by atoms with Gasteiger partial charge in [0.1, 0.15) is 5.75 Å². The summed E-state index contributed by atoms with van der Waals surface area (Å²) in [4.78, 5) is 38.0. The van der Waals surface area contributed by atoms with Crippen molar-refractivity contribution in [2.45, 2.75) is 12.5 Å². The fraction of sp³-hybridized carbons (Fsp3) is 0.286. The molecule has 2 aromatic carbocycles. The van der Waals surface area contributed by atoms with Crippen LogP contribution in [0.25, 0.3) is 0 Å². The molecule has 0 aliphatic carbocycles. The minimum atomic E-state index is -0.989. The maximum Gasteiger partial charge on any atom is 0.310 e. The Morgan fingerprint density at radius 3 is 2.52 bits per heavy atom. The van der Waals surface area contributed by atoms with Crippen LogP contribution in [0.5, 0.6) is 17.2 Å². The minimum Gasteiger partial charge on any atom is -0.493 e. The number of methoxy groups -OCH3 is 2. The van der Waals surface area contributed by atoms with Crippen molar-refractivity contribution in [3.63, 3.8) is 0 Å². The highest BCUT2D eigenvalue weighted by Crippen LogP contribution is 2.34. The van der Waals surface area contributed by atoms with E-state index in [4.69, 9.17) is 24.7 Å². The molecule has 3 rings (SSSR count). The molecular weight excluding hydrogens is 472 g/mol. The van der Waals surface area contributed by atoms with E-state index in [9.17, 15) is 14.4 Å². The lowest BCUT2D eigenvalue weighted by Gasteiger charge is -2.33. The number of benzene rings is 2. The summed E-state index contributed by atoms with van der Waals surface area (Å²) >= 11 is 3.38. The number of ether oxygens (including phenoxy) is 4. The van der Waals surface area contributed by atoms with Gasteiger partial charge in [-0.05, 0) is 29.8 Å². The predicted octanol–water partition coefficient (Wildman–Crippen LogP) is 1.83. The number of halogens is 1. The first kappa shape index (κ1) is 22.4. The zero-order valence-electron chi connectivity index (χ0n) is 16.9. The van der Waals surface area contributed by atoms with Gasteiger partial charge in [0.25, 0.3) is 11.8 Å². The van der Waals surface area contributed by atoms with Crippen molar-refractivity contribution in [2.75, 3.05) is 32.3 Å². The summed E-state index contributed by atoms with van der Waals surface area (Å²) < 4.78 is 21.8. The lowest BCUT2D eigenvalue weighted by molar-refractivity contribution is -0.147. The van der Waals surface area contributed by atoms with E-state index in [-0.39, 0.29) is 13.0 Å². The fourth-order valence-electron chi connectivity index (χ4n) is 3.08. The molecule has 1 aliphatic rings. The molecule has 0 saturated carbocycles. The molecule has 2 amide bonds. The number of hydrogen-bond donors (Lipinski definition) is 1. The first-order valence-electron chi connectivity index (χ1n) is 9.25. The Bertz CT molecular complexity index is 1010. The second-order valence-electron chi connectivity index (χ2n) is 6.62. The van der Waals surface area contributed by atoms with E-state index in [1.807, 2.05) is 0 Å². The first-order chi connectivity index (χ1) is 14.8. The summed E-state index contributed by atoms with van der Waals surface area (Å²) in [5.74, 6) is -0.464. The Labute approximate surface area is 187 Å². The molecule has 9 nitrogen and oxygen atoms in total. The molecule has 0 radical (unpaired) electrons. The quantitative estimate of drug-likeness (QED) is 0.585. The second kappa shape index (κ2) is 9.69. The van der Waals surface area contributed by atoms with Gasteiger partial charge in [-0.15, -0.1) is 0 Å². The maximum absolute atomic E-state index is 12.7. The summed E-state index contributed by atoms with van der Waals surface area (Å²) in [5.41, 5.74) is 6.43. The summed E-state index contributed by atoms with van der Waals surface area (Å²) in [6, 6.07) is 10.1. The summed E-state index contributed by atoms with van der Waals surface area (Å²) in [7, 11) is 3.00. The highest BCUT2D eigenvalue weighted by molar-refractivity contribution is 9.10. The van der Waals surface area contributed by atoms with Crippen molar-refractivity contribution in [3.05, 3.63) is 46.4 Å². The zero-order valence-corrected chi connectivity index (χ0v) is 18.5. The van der Waals surface area contributed by atoms with E-state index in [1.54, 1.807) is 36.4 Å². The van der Waals surface area contributed by atoms with Crippen molar-refractivity contribution in [3.8, 4) is 17.2 Å². The monoisotopic (exact) mass is 492 g/mol. The van der Waals surface area contributed by atoms with Crippen LogP contribution >= 0.6 is 15.9 Å². The molecule has 0 fully saturated rings. The van der Waals surface area contributed by atoms with E-state index in [2.05, 4.69) is 15.9 Å². The number of para-hydroxylation sites is 2. The molecule has 31 heavy (non-hydrogen) atoms. The molecule has 1 heterocycles. The van der Waals surface area contributed by atoms with Crippen LogP contribution in [0.4, 0.5) is 5.69 Å². The lowest BCUT2D eigenvalue weighted by Crippen LogP contribution is -2.50. The minimum absolute atomic E-state index is 0.0655. The molecule has 0 saturated heterocycles. The molecule has 0 bridgehead atoms. The average molecular weight is 493 g/mol. The number of fused-ring (bicyclic) bond motifs is 1. The van der Waals surface area contributed by atoms with Gasteiger partial charge in [0, 0.05) is 4.47 Å². The molecule has 0 aromatic heterocycles. The van der Waals surface area contributed by atoms with Crippen molar-refractivity contribution in [2.24, 2.45) is 5.73 Å². The summed E-state index contributed by atoms with van der Waals surface area (Å²) in [5, 5.41) is 0. The zero-order chi connectivity index (χ0) is 22.5. The third kappa shape index (κ3) is 5.08. The molecule has 1 atom stereocenters. The molecule has 10 heteroatoms. The summed E-state index contributed by atoms with van der Waals surface area (Å²) in [6.45, 7) is -0.562. The van der Waals surface area contributed by atoms with Crippen LogP contribution in [0, 0.1) is 0 Å². The Balaban J connectivity index is 1.67. The van der Waals surface area contributed by atoms with E-state index in [1.165, 1.54) is 19.1 Å². The van der Waals surface area contributed by atoms with E-state index < -0.39 is 30.5 Å². The Morgan fingerprint density at radius 1 is 1.16 bits per heavy atom. The predicted molar refractivity (Wildman–Crippen MR) is 114 cm³/mol. The van der Waals surface area contributed by atoms with Crippen molar-refractivity contribution in [1.82, 2.24) is 0 Å². The summed E-state index contributed by atoms with van der Waals surface area (Å²) in [6.07, 6.45) is -1.07. The topological polar surface area (TPSA) is 117 Å². The van der Waals surface area contributed by atoms with Crippen LogP contribution < -0.4 is 24.8 Å². The number of amides is 2. The van der Waals surface area contributed by atoms with Crippen molar-refractivity contribution in [1.29, 1.82) is 0 Å². The van der Waals surface area contributed by atoms with Crippen LogP contribution in [0.3, 0.4) is 0 Å². The highest BCUT2D eigenvalue weighted by atomic mass is 79.9. The molecule has 0 unspecified atom stereocenters. The first-order valence-corrected chi connectivity index (χ1v) is 10.0. The number of rotatable bonds is 7. The second-order valence-corrected chi connectivity index (χ2v) is 7.47.